The zero-order valence-electron chi connectivity index (χ0n) is 32.2. The van der Waals surface area contributed by atoms with Crippen molar-refractivity contribution >= 4 is 92.3 Å². The first-order valence-electron chi connectivity index (χ1n) is 19.1. The van der Waals surface area contributed by atoms with Gasteiger partial charge >= 0.3 is 0 Å². The fourth-order valence-corrected chi connectivity index (χ4v) is 9.69. The molecule has 4 heterocycles. The summed E-state index contributed by atoms with van der Waals surface area (Å²) < 4.78 is 1.09. The van der Waals surface area contributed by atoms with E-state index in [2.05, 4.69) is 17.5 Å². The van der Waals surface area contributed by atoms with Crippen LogP contribution in [0.3, 0.4) is 0 Å². The number of rotatable bonds is 9. The number of hydrogen-bond donors (Lipinski definition) is 2. The van der Waals surface area contributed by atoms with Crippen LogP contribution in [0.2, 0.25) is 8.67 Å². The van der Waals surface area contributed by atoms with Gasteiger partial charge in [-0.2, -0.15) is 10.5 Å². The first kappa shape index (κ1) is 45.1. The van der Waals surface area contributed by atoms with Crippen molar-refractivity contribution in [3.05, 3.63) is 138 Å². The number of fused-ring (bicyclic) bond motifs is 2. The van der Waals surface area contributed by atoms with E-state index in [1.165, 1.54) is 21.1 Å². The summed E-state index contributed by atoms with van der Waals surface area (Å²) >= 11 is 18.9. The molecule has 3 N–H and O–H groups in total. The summed E-state index contributed by atoms with van der Waals surface area (Å²) in [6, 6.07) is 24.1. The molecule has 0 radical (unpaired) electrons. The number of hydrogen-bond acceptors (Lipinski definition) is 11. The van der Waals surface area contributed by atoms with E-state index in [4.69, 9.17) is 51.1 Å². The molecule has 5 amide bonds. The van der Waals surface area contributed by atoms with E-state index in [1.54, 1.807) is 66.7 Å². The van der Waals surface area contributed by atoms with Gasteiger partial charge in [0.1, 0.15) is 0 Å². The van der Waals surface area contributed by atoms with Gasteiger partial charge in [0, 0.05) is 19.1 Å². The van der Waals surface area contributed by atoms with Crippen molar-refractivity contribution in [1.82, 2.24) is 15.1 Å². The molecule has 4 aliphatic rings. The van der Waals surface area contributed by atoms with Crippen molar-refractivity contribution in [3.63, 3.8) is 0 Å². The molecule has 2 fully saturated rings. The number of nitrogens with two attached hydrogens (primary N) is 1. The molecule has 2 saturated heterocycles. The number of carbonyl (C=O) groups is 6. The summed E-state index contributed by atoms with van der Waals surface area (Å²) in [4.78, 5) is 77.3. The van der Waals surface area contributed by atoms with Crippen molar-refractivity contribution in [1.29, 1.82) is 10.5 Å². The highest BCUT2D eigenvalue weighted by molar-refractivity contribution is 7.19. The summed E-state index contributed by atoms with van der Waals surface area (Å²) in [7, 11) is 0. The maximum Gasteiger partial charge on any atom is 0.262 e. The number of likely N-dealkylation sites (tertiary alicyclic amines) is 2. The summed E-state index contributed by atoms with van der Waals surface area (Å²) in [5, 5.41) is 20.4. The molecule has 2 aromatic heterocycles. The minimum atomic E-state index is -0.604. The average molecular weight is 916 g/mol. The molecule has 61 heavy (non-hydrogen) atoms. The van der Waals surface area contributed by atoms with Gasteiger partial charge in [-0.25, -0.2) is 0 Å². The molecule has 4 aromatic rings. The molecule has 2 aliphatic heterocycles. The molecule has 6 unspecified atom stereocenters. The Bertz CT molecular complexity index is 2500. The van der Waals surface area contributed by atoms with Crippen molar-refractivity contribution in [2.75, 3.05) is 13.1 Å². The number of nitrogens with one attached hydrogen (secondary N) is 1. The van der Waals surface area contributed by atoms with Crippen LogP contribution in [-0.2, 0) is 32.0 Å². The third-order valence-corrected chi connectivity index (χ3v) is 13.4. The van der Waals surface area contributed by atoms with E-state index in [-0.39, 0.29) is 48.0 Å². The molecule has 0 saturated carbocycles. The number of carbonyl (C=O) groups excluding carboxylic acids is 6. The maximum atomic E-state index is 13.1. The van der Waals surface area contributed by atoms with Gasteiger partial charge in [0.2, 0.25) is 23.6 Å². The number of amides is 5. The topological polar surface area (TPSA) is 195 Å². The van der Waals surface area contributed by atoms with E-state index in [1.807, 2.05) is 30.4 Å². The second-order valence-electron chi connectivity index (χ2n) is 14.4. The molecule has 8 rings (SSSR count). The van der Waals surface area contributed by atoms with Crippen LogP contribution >= 0.6 is 57.5 Å². The quantitative estimate of drug-likeness (QED) is 0.102. The number of thiophene rings is 2. The first-order valence-corrected chi connectivity index (χ1v) is 21.8. The number of nitrogens with zero attached hydrogens (tertiary/aromatic N) is 4. The molecular formula is C44H37Cl3N6O6S2. The van der Waals surface area contributed by atoms with E-state index in [9.17, 15) is 28.8 Å². The Kier molecular flexibility index (Phi) is 15.1. The maximum absolute atomic E-state index is 13.1. The first-order chi connectivity index (χ1) is 29.3. The summed E-state index contributed by atoms with van der Waals surface area (Å²) in [6.45, 7) is 0.590. The third-order valence-electron chi connectivity index (χ3n) is 10.6. The van der Waals surface area contributed by atoms with Gasteiger partial charge in [-0.05, 0) is 96.9 Å². The fraction of sp³-hybridized carbons (Fsp3) is 0.273. The Labute approximate surface area is 374 Å². The molecule has 17 heteroatoms. The number of allylic oxidation sites excluding steroid dienone is 2. The van der Waals surface area contributed by atoms with Gasteiger partial charge in [0.15, 0.2) is 0 Å². The van der Waals surface area contributed by atoms with E-state index >= 15 is 0 Å². The Morgan fingerprint density at radius 1 is 0.705 bits per heavy atom. The Balaban J connectivity index is 0.000000175. The highest BCUT2D eigenvalue weighted by Crippen LogP contribution is 2.37. The molecule has 2 aliphatic carbocycles. The van der Waals surface area contributed by atoms with E-state index in [0.717, 1.165) is 22.5 Å². The largest absolute Gasteiger partial charge is 0.344 e. The van der Waals surface area contributed by atoms with Crippen molar-refractivity contribution in [2.24, 2.45) is 29.4 Å². The zero-order chi connectivity index (χ0) is 43.8. The van der Waals surface area contributed by atoms with Crippen molar-refractivity contribution < 1.29 is 28.8 Å². The normalized spacial score (nSPS) is 22.3. The SMILES string of the molecule is N#Cc1cccc(CCN2C(=O)C3CC=CC(N)C3C2=O)c1.N#Cc1cccc(CCN2C(=O)C3CC=CC(NC(=O)c4ccc(Cl)s4)C3C2=O)c1.O=C(Cl)c1ccc(Cl)s1. The minimum Gasteiger partial charge on any atom is -0.344 e. The second-order valence-corrected chi connectivity index (χ2v) is 18.2. The summed E-state index contributed by atoms with van der Waals surface area (Å²) in [5.74, 6) is -2.85. The number of imide groups is 2. The Morgan fingerprint density at radius 3 is 1.66 bits per heavy atom. The smallest absolute Gasteiger partial charge is 0.262 e. The molecular weight excluding hydrogens is 879 g/mol. The summed E-state index contributed by atoms with van der Waals surface area (Å²) in [6.07, 6.45) is 9.43. The number of benzene rings is 2. The Hall–Kier alpha value is -5.45. The van der Waals surface area contributed by atoms with Crippen LogP contribution in [0.25, 0.3) is 0 Å². The van der Waals surface area contributed by atoms with Crippen LogP contribution in [0.15, 0.2) is 97.1 Å². The highest BCUT2D eigenvalue weighted by Gasteiger charge is 2.52. The molecule has 312 valence electrons. The standard InChI is InChI=1S/C22H18ClN3O3S.C17H17N3O2.C5H2Cl2OS/c23-18-8-7-17(30-18)20(27)25-16-6-2-5-15-19(16)22(29)26(21(15)28)10-9-13-3-1-4-14(11-13)12-24;18-10-12-4-1-3-11(9-12)7-8-20-16(21)13-5-2-6-14(19)15(13)17(20)22;6-4-2-1-3(9-4)5(7)8/h1-4,6-8,11,15-16,19H,5,9-10H2,(H,25,27);1-4,6,9,13-15H,5,7-8,19H2;1-2H. The second kappa shape index (κ2) is 20.4. The lowest BCUT2D eigenvalue weighted by molar-refractivity contribution is -0.141. The summed E-state index contributed by atoms with van der Waals surface area (Å²) in [5.41, 5.74) is 8.91. The average Bonchev–Trinajstić information content (AvgIpc) is 4.02. The zero-order valence-corrected chi connectivity index (χ0v) is 36.1. The van der Waals surface area contributed by atoms with Gasteiger partial charge in [-0.15, -0.1) is 22.7 Å². The number of halogens is 3. The van der Waals surface area contributed by atoms with Crippen LogP contribution in [0.5, 0.6) is 0 Å². The van der Waals surface area contributed by atoms with Crippen molar-refractivity contribution in [3.8, 4) is 12.1 Å². The van der Waals surface area contributed by atoms with Gasteiger partial charge in [0.05, 0.1) is 71.4 Å². The predicted octanol–water partition coefficient (Wildman–Crippen LogP) is 6.95. The predicted molar refractivity (Wildman–Crippen MR) is 233 cm³/mol. The molecule has 2 aromatic carbocycles. The van der Waals surface area contributed by atoms with E-state index < -0.39 is 29.0 Å². The van der Waals surface area contributed by atoms with Gasteiger partial charge in [-0.3, -0.25) is 38.6 Å². The van der Waals surface area contributed by atoms with Crippen LogP contribution in [0.1, 0.15) is 54.4 Å². The molecule has 0 spiro atoms. The molecule has 0 bridgehead atoms. The lowest BCUT2D eigenvalue weighted by atomic mass is 9.81. The minimum absolute atomic E-state index is 0.119. The highest BCUT2D eigenvalue weighted by atomic mass is 35.5. The molecule has 6 atom stereocenters. The lowest BCUT2D eigenvalue weighted by Crippen LogP contribution is -2.45. The van der Waals surface area contributed by atoms with Crippen LogP contribution in [0.4, 0.5) is 0 Å². The fourth-order valence-electron chi connectivity index (χ4n) is 7.69. The van der Waals surface area contributed by atoms with Gasteiger partial charge < -0.3 is 11.1 Å². The van der Waals surface area contributed by atoms with Crippen LogP contribution in [0, 0.1) is 46.3 Å². The Morgan fingerprint density at radius 2 is 1.20 bits per heavy atom. The van der Waals surface area contributed by atoms with Crippen molar-refractivity contribution in [2.45, 2.75) is 37.8 Å². The van der Waals surface area contributed by atoms with Gasteiger partial charge in [-0.1, -0.05) is 71.8 Å². The number of nitriles is 2. The monoisotopic (exact) mass is 914 g/mol. The van der Waals surface area contributed by atoms with Crippen LogP contribution < -0.4 is 11.1 Å². The molecule has 12 nitrogen and oxygen atoms in total. The van der Waals surface area contributed by atoms with Crippen LogP contribution in [-0.4, -0.2) is 69.8 Å². The lowest BCUT2D eigenvalue weighted by Gasteiger charge is -2.26. The van der Waals surface area contributed by atoms with Gasteiger partial charge in [0.25, 0.3) is 11.1 Å². The third kappa shape index (κ3) is 10.7. The van der Waals surface area contributed by atoms with E-state index in [0.29, 0.717) is 61.8 Å².